The smallest absolute Gasteiger partial charge is 0.124 e. The number of alkyl halides is 1. The zero-order valence-corrected chi connectivity index (χ0v) is 14.0. The summed E-state index contributed by atoms with van der Waals surface area (Å²) >= 11 is 12.7. The van der Waals surface area contributed by atoms with Crippen molar-refractivity contribution in [3.63, 3.8) is 0 Å². The first kappa shape index (κ1) is 15.0. The molecule has 0 radical (unpaired) electrons. The van der Waals surface area contributed by atoms with Gasteiger partial charge in [-0.15, -0.1) is 0 Å². The molecule has 0 amide bonds. The Morgan fingerprint density at radius 2 is 1.79 bits per heavy atom. The van der Waals surface area contributed by atoms with Crippen LogP contribution in [0, 0.1) is 5.82 Å². The predicted octanol–water partition coefficient (Wildman–Crippen LogP) is 5.96. The topological polar surface area (TPSA) is 0 Å². The van der Waals surface area contributed by atoms with E-state index in [9.17, 15) is 4.39 Å². The van der Waals surface area contributed by atoms with Crippen LogP contribution in [0.5, 0.6) is 0 Å². The van der Waals surface area contributed by atoms with Gasteiger partial charge in [-0.2, -0.15) is 0 Å². The third-order valence-corrected chi connectivity index (χ3v) is 4.42. The van der Waals surface area contributed by atoms with Gasteiger partial charge in [0, 0.05) is 14.8 Å². The Kier molecular flexibility index (Phi) is 5.43. The standard InChI is InChI=1S/C15H12Br2ClF/c16-9-12(11-1-3-14(18)4-2-11)5-10-6-13(17)8-15(19)7-10/h1-4,6-8,12H,5,9H2. The first-order valence-electron chi connectivity index (χ1n) is 5.85. The van der Waals surface area contributed by atoms with Gasteiger partial charge in [-0.25, -0.2) is 4.39 Å². The van der Waals surface area contributed by atoms with Gasteiger partial charge >= 0.3 is 0 Å². The van der Waals surface area contributed by atoms with Gasteiger partial charge in [0.15, 0.2) is 0 Å². The van der Waals surface area contributed by atoms with Crippen LogP contribution in [0.4, 0.5) is 4.39 Å². The van der Waals surface area contributed by atoms with Crippen molar-refractivity contribution >= 4 is 43.5 Å². The zero-order chi connectivity index (χ0) is 13.8. The van der Waals surface area contributed by atoms with Crippen molar-refractivity contribution < 1.29 is 4.39 Å². The van der Waals surface area contributed by atoms with Crippen molar-refractivity contribution in [3.05, 3.63) is 68.9 Å². The highest BCUT2D eigenvalue weighted by Crippen LogP contribution is 2.26. The molecule has 0 saturated heterocycles. The molecule has 1 atom stereocenters. The molecule has 0 aliphatic carbocycles. The number of hydrogen-bond acceptors (Lipinski definition) is 0. The largest absolute Gasteiger partial charge is 0.207 e. The van der Waals surface area contributed by atoms with E-state index in [2.05, 4.69) is 31.9 Å². The number of halogens is 4. The van der Waals surface area contributed by atoms with Gasteiger partial charge in [0.25, 0.3) is 0 Å². The summed E-state index contributed by atoms with van der Waals surface area (Å²) in [6.07, 6.45) is 0.781. The second kappa shape index (κ2) is 6.87. The fraction of sp³-hybridized carbons (Fsp3) is 0.200. The molecule has 2 aromatic carbocycles. The van der Waals surface area contributed by atoms with Gasteiger partial charge < -0.3 is 0 Å². The average molecular weight is 407 g/mol. The fourth-order valence-corrected chi connectivity index (χ4v) is 3.25. The molecule has 0 aromatic heterocycles. The molecular formula is C15H12Br2ClF. The molecule has 0 heterocycles. The van der Waals surface area contributed by atoms with E-state index < -0.39 is 0 Å². The number of hydrogen-bond donors (Lipinski definition) is 0. The average Bonchev–Trinajstić information content (AvgIpc) is 2.36. The summed E-state index contributed by atoms with van der Waals surface area (Å²) in [5.41, 5.74) is 2.17. The van der Waals surface area contributed by atoms with Crippen molar-refractivity contribution in [1.82, 2.24) is 0 Å². The number of benzene rings is 2. The predicted molar refractivity (Wildman–Crippen MR) is 85.8 cm³/mol. The molecule has 100 valence electrons. The van der Waals surface area contributed by atoms with E-state index in [1.807, 2.05) is 30.3 Å². The second-order valence-corrected chi connectivity index (χ2v) is 6.38. The maximum Gasteiger partial charge on any atom is 0.124 e. The molecule has 2 aromatic rings. The van der Waals surface area contributed by atoms with E-state index in [-0.39, 0.29) is 5.82 Å². The first-order valence-corrected chi connectivity index (χ1v) is 8.14. The van der Waals surface area contributed by atoms with Crippen molar-refractivity contribution in [1.29, 1.82) is 0 Å². The van der Waals surface area contributed by atoms with Crippen LogP contribution in [0.1, 0.15) is 17.0 Å². The van der Waals surface area contributed by atoms with E-state index in [0.29, 0.717) is 5.92 Å². The maximum atomic E-state index is 13.4. The molecule has 0 spiro atoms. The molecule has 0 bridgehead atoms. The molecule has 1 unspecified atom stereocenters. The van der Waals surface area contributed by atoms with Gasteiger partial charge in [0.2, 0.25) is 0 Å². The highest BCUT2D eigenvalue weighted by molar-refractivity contribution is 9.10. The van der Waals surface area contributed by atoms with Crippen molar-refractivity contribution in [2.75, 3.05) is 5.33 Å². The molecule has 4 heteroatoms. The van der Waals surface area contributed by atoms with Crippen LogP contribution in [0.2, 0.25) is 5.02 Å². The van der Waals surface area contributed by atoms with Gasteiger partial charge in [0.05, 0.1) is 0 Å². The van der Waals surface area contributed by atoms with E-state index in [1.165, 1.54) is 11.6 Å². The Morgan fingerprint density at radius 1 is 1.11 bits per heavy atom. The zero-order valence-electron chi connectivity index (χ0n) is 10.0. The third-order valence-electron chi connectivity index (χ3n) is 2.93. The van der Waals surface area contributed by atoms with E-state index in [1.54, 1.807) is 6.07 Å². The fourth-order valence-electron chi connectivity index (χ4n) is 2.01. The van der Waals surface area contributed by atoms with Crippen LogP contribution in [0.3, 0.4) is 0 Å². The van der Waals surface area contributed by atoms with Crippen molar-refractivity contribution in [2.45, 2.75) is 12.3 Å². The summed E-state index contributed by atoms with van der Waals surface area (Å²) in [5.74, 6) is 0.0831. The Balaban J connectivity index is 2.21. The quantitative estimate of drug-likeness (QED) is 0.550. The maximum absolute atomic E-state index is 13.4. The molecule has 0 saturated carbocycles. The van der Waals surface area contributed by atoms with Crippen LogP contribution in [0.25, 0.3) is 0 Å². The number of rotatable bonds is 4. The van der Waals surface area contributed by atoms with E-state index in [0.717, 1.165) is 26.8 Å². The van der Waals surface area contributed by atoms with Crippen molar-refractivity contribution in [2.24, 2.45) is 0 Å². The molecule has 0 nitrogen and oxygen atoms in total. The molecule has 0 N–H and O–H groups in total. The monoisotopic (exact) mass is 404 g/mol. The second-order valence-electron chi connectivity index (χ2n) is 4.38. The van der Waals surface area contributed by atoms with E-state index >= 15 is 0 Å². The van der Waals surface area contributed by atoms with Crippen LogP contribution >= 0.6 is 43.5 Å². The summed E-state index contributed by atoms with van der Waals surface area (Å²) in [6, 6.07) is 12.8. The minimum absolute atomic E-state index is 0.214. The van der Waals surface area contributed by atoms with Crippen molar-refractivity contribution in [3.8, 4) is 0 Å². The molecule has 0 aliphatic heterocycles. The van der Waals surface area contributed by atoms with Crippen LogP contribution < -0.4 is 0 Å². The lowest BCUT2D eigenvalue weighted by Gasteiger charge is -2.15. The van der Waals surface area contributed by atoms with Crippen LogP contribution in [-0.2, 0) is 6.42 Å². The van der Waals surface area contributed by atoms with Gasteiger partial charge in [-0.05, 0) is 53.8 Å². The third kappa shape index (κ3) is 4.30. The Hall–Kier alpha value is -0.380. The lowest BCUT2D eigenvalue weighted by atomic mass is 9.94. The molecule has 0 fully saturated rings. The van der Waals surface area contributed by atoms with Gasteiger partial charge in [-0.1, -0.05) is 55.6 Å². The normalized spacial score (nSPS) is 12.4. The lowest BCUT2D eigenvalue weighted by molar-refractivity contribution is 0.622. The molecular weight excluding hydrogens is 394 g/mol. The van der Waals surface area contributed by atoms with E-state index in [4.69, 9.17) is 11.6 Å². The highest BCUT2D eigenvalue weighted by Gasteiger charge is 2.12. The SMILES string of the molecule is Fc1cc(Br)cc(CC(CBr)c2ccc(Cl)cc2)c1. The highest BCUT2D eigenvalue weighted by atomic mass is 79.9. The molecule has 19 heavy (non-hydrogen) atoms. The summed E-state index contributed by atoms with van der Waals surface area (Å²) in [7, 11) is 0. The minimum Gasteiger partial charge on any atom is -0.207 e. The Labute approximate surface area is 134 Å². The van der Waals surface area contributed by atoms with Gasteiger partial charge in [-0.3, -0.25) is 0 Å². The minimum atomic E-state index is -0.214. The summed E-state index contributed by atoms with van der Waals surface area (Å²) in [4.78, 5) is 0. The lowest BCUT2D eigenvalue weighted by Crippen LogP contribution is -2.04. The molecule has 2 rings (SSSR count). The Bertz CT molecular complexity index is 534. The summed E-state index contributed by atoms with van der Waals surface area (Å²) in [6.45, 7) is 0. The van der Waals surface area contributed by atoms with Crippen LogP contribution in [-0.4, -0.2) is 5.33 Å². The summed E-state index contributed by atoms with van der Waals surface area (Å²) in [5, 5.41) is 1.55. The Morgan fingerprint density at radius 3 is 2.37 bits per heavy atom. The van der Waals surface area contributed by atoms with Gasteiger partial charge in [0.1, 0.15) is 5.82 Å². The summed E-state index contributed by atoms with van der Waals surface area (Å²) < 4.78 is 14.1. The first-order chi connectivity index (χ1) is 9.08. The van der Waals surface area contributed by atoms with Crippen LogP contribution in [0.15, 0.2) is 46.9 Å². The molecule has 0 aliphatic rings.